The van der Waals surface area contributed by atoms with Crippen LogP contribution in [0.15, 0.2) is 6.07 Å². The lowest BCUT2D eigenvalue weighted by Crippen LogP contribution is -2.11. The van der Waals surface area contributed by atoms with Crippen LogP contribution in [0.3, 0.4) is 0 Å². The van der Waals surface area contributed by atoms with E-state index < -0.39 is 0 Å². The SMILES string of the molecule is CC(C)COCCOc1cc(Cl)nc(C2CC2)n1. The van der Waals surface area contributed by atoms with Gasteiger partial charge in [0.25, 0.3) is 0 Å². The predicted octanol–water partition coefficient (Wildman–Crippen LogP) is 3.06. The van der Waals surface area contributed by atoms with Gasteiger partial charge in [-0.2, -0.15) is 4.98 Å². The van der Waals surface area contributed by atoms with Crippen LogP contribution in [-0.2, 0) is 4.74 Å². The summed E-state index contributed by atoms with van der Waals surface area (Å²) in [5, 5.41) is 0.449. The number of hydrogen-bond donors (Lipinski definition) is 0. The van der Waals surface area contributed by atoms with Gasteiger partial charge in [-0.3, -0.25) is 0 Å². The minimum atomic E-state index is 0.449. The molecule has 0 aromatic carbocycles. The first kappa shape index (κ1) is 13.6. The van der Waals surface area contributed by atoms with E-state index in [9.17, 15) is 0 Å². The summed E-state index contributed by atoms with van der Waals surface area (Å²) >= 11 is 5.94. The van der Waals surface area contributed by atoms with Gasteiger partial charge >= 0.3 is 0 Å². The van der Waals surface area contributed by atoms with Crippen molar-refractivity contribution in [3.8, 4) is 5.88 Å². The smallest absolute Gasteiger partial charge is 0.218 e. The molecule has 0 amide bonds. The van der Waals surface area contributed by atoms with Crippen molar-refractivity contribution in [1.82, 2.24) is 9.97 Å². The number of ether oxygens (including phenoxy) is 2. The van der Waals surface area contributed by atoms with E-state index in [1.807, 2.05) is 0 Å². The van der Waals surface area contributed by atoms with E-state index in [1.54, 1.807) is 6.07 Å². The molecule has 1 fully saturated rings. The molecule has 0 spiro atoms. The Bertz CT molecular complexity index is 395. The standard InChI is InChI=1S/C13H19ClN2O2/c1-9(2)8-17-5-6-18-12-7-11(14)15-13(16-12)10-3-4-10/h7,9-10H,3-6,8H2,1-2H3. The summed E-state index contributed by atoms with van der Waals surface area (Å²) in [5.74, 6) is 2.37. The Morgan fingerprint density at radius 3 is 2.78 bits per heavy atom. The van der Waals surface area contributed by atoms with E-state index in [2.05, 4.69) is 23.8 Å². The summed E-state index contributed by atoms with van der Waals surface area (Å²) in [6.45, 7) is 6.05. The summed E-state index contributed by atoms with van der Waals surface area (Å²) in [4.78, 5) is 8.56. The van der Waals surface area contributed by atoms with Crippen LogP contribution in [-0.4, -0.2) is 29.8 Å². The quantitative estimate of drug-likeness (QED) is 0.564. The lowest BCUT2D eigenvalue weighted by Gasteiger charge is -2.09. The predicted molar refractivity (Wildman–Crippen MR) is 70.2 cm³/mol. The van der Waals surface area contributed by atoms with Crippen molar-refractivity contribution >= 4 is 11.6 Å². The molecule has 1 aromatic heterocycles. The minimum absolute atomic E-state index is 0.449. The highest BCUT2D eigenvalue weighted by molar-refractivity contribution is 6.29. The third kappa shape index (κ3) is 4.42. The third-order valence-electron chi connectivity index (χ3n) is 2.56. The van der Waals surface area contributed by atoms with Gasteiger partial charge in [-0.05, 0) is 18.8 Å². The number of aromatic nitrogens is 2. The molecular weight excluding hydrogens is 252 g/mol. The largest absolute Gasteiger partial charge is 0.475 e. The van der Waals surface area contributed by atoms with Crippen molar-refractivity contribution in [2.45, 2.75) is 32.6 Å². The van der Waals surface area contributed by atoms with Gasteiger partial charge in [0.15, 0.2) is 0 Å². The number of halogens is 1. The first-order valence-electron chi connectivity index (χ1n) is 6.40. The Morgan fingerprint density at radius 2 is 2.11 bits per heavy atom. The van der Waals surface area contributed by atoms with Crippen LogP contribution in [0.4, 0.5) is 0 Å². The summed E-state index contributed by atoms with van der Waals surface area (Å²) in [5.41, 5.74) is 0. The van der Waals surface area contributed by atoms with Crippen LogP contribution < -0.4 is 4.74 Å². The Hall–Kier alpha value is -0.870. The van der Waals surface area contributed by atoms with E-state index in [0.29, 0.717) is 36.1 Å². The maximum atomic E-state index is 5.94. The van der Waals surface area contributed by atoms with E-state index in [1.165, 1.54) is 0 Å². The van der Waals surface area contributed by atoms with Crippen LogP contribution >= 0.6 is 11.6 Å². The fraction of sp³-hybridized carbons (Fsp3) is 0.692. The van der Waals surface area contributed by atoms with E-state index in [0.717, 1.165) is 25.3 Å². The molecule has 5 heteroatoms. The normalized spacial score (nSPS) is 15.1. The van der Waals surface area contributed by atoms with Gasteiger partial charge in [-0.15, -0.1) is 0 Å². The summed E-state index contributed by atoms with van der Waals surface area (Å²) in [6, 6.07) is 1.65. The number of nitrogens with zero attached hydrogens (tertiary/aromatic N) is 2. The van der Waals surface area contributed by atoms with Crippen LogP contribution in [0.25, 0.3) is 0 Å². The fourth-order valence-electron chi connectivity index (χ4n) is 1.54. The molecule has 0 aliphatic heterocycles. The minimum Gasteiger partial charge on any atom is -0.475 e. The molecule has 1 aliphatic carbocycles. The molecule has 4 nitrogen and oxygen atoms in total. The second-order valence-electron chi connectivity index (χ2n) is 4.98. The first-order chi connectivity index (χ1) is 8.65. The van der Waals surface area contributed by atoms with Crippen molar-refractivity contribution in [2.75, 3.05) is 19.8 Å². The van der Waals surface area contributed by atoms with Crippen LogP contribution in [0.5, 0.6) is 5.88 Å². The Labute approximate surface area is 113 Å². The van der Waals surface area contributed by atoms with Crippen LogP contribution in [0.1, 0.15) is 38.4 Å². The van der Waals surface area contributed by atoms with Crippen molar-refractivity contribution < 1.29 is 9.47 Å². The maximum absolute atomic E-state index is 5.94. The lowest BCUT2D eigenvalue weighted by atomic mass is 10.2. The van der Waals surface area contributed by atoms with Gasteiger partial charge < -0.3 is 9.47 Å². The van der Waals surface area contributed by atoms with E-state index in [4.69, 9.17) is 21.1 Å². The molecule has 100 valence electrons. The van der Waals surface area contributed by atoms with Crippen molar-refractivity contribution in [2.24, 2.45) is 5.92 Å². The highest BCUT2D eigenvalue weighted by Crippen LogP contribution is 2.38. The zero-order valence-corrected chi connectivity index (χ0v) is 11.6. The molecular formula is C13H19ClN2O2. The Balaban J connectivity index is 1.78. The third-order valence-corrected chi connectivity index (χ3v) is 2.75. The monoisotopic (exact) mass is 270 g/mol. The molecule has 0 N–H and O–H groups in total. The highest BCUT2D eigenvalue weighted by Gasteiger charge is 2.27. The zero-order valence-electron chi connectivity index (χ0n) is 10.9. The fourth-order valence-corrected chi connectivity index (χ4v) is 1.72. The molecule has 0 unspecified atom stereocenters. The second-order valence-corrected chi connectivity index (χ2v) is 5.37. The number of hydrogen-bond acceptors (Lipinski definition) is 4. The van der Waals surface area contributed by atoms with E-state index >= 15 is 0 Å². The lowest BCUT2D eigenvalue weighted by molar-refractivity contribution is 0.0805. The maximum Gasteiger partial charge on any atom is 0.218 e. The van der Waals surface area contributed by atoms with Crippen LogP contribution in [0, 0.1) is 5.92 Å². The molecule has 0 atom stereocenters. The molecule has 0 saturated heterocycles. The molecule has 2 rings (SSSR count). The zero-order chi connectivity index (χ0) is 13.0. The first-order valence-corrected chi connectivity index (χ1v) is 6.78. The van der Waals surface area contributed by atoms with Crippen molar-refractivity contribution in [3.05, 3.63) is 17.0 Å². The average Bonchev–Trinajstić information content (AvgIpc) is 3.11. The molecule has 1 saturated carbocycles. The van der Waals surface area contributed by atoms with Gasteiger partial charge in [0.2, 0.25) is 5.88 Å². The average molecular weight is 271 g/mol. The van der Waals surface area contributed by atoms with Crippen LogP contribution in [0.2, 0.25) is 5.15 Å². The molecule has 1 heterocycles. The van der Waals surface area contributed by atoms with E-state index in [-0.39, 0.29) is 0 Å². The Kier molecular flexibility index (Phi) is 4.78. The van der Waals surface area contributed by atoms with Gasteiger partial charge in [-0.25, -0.2) is 4.98 Å². The van der Waals surface area contributed by atoms with Gasteiger partial charge in [0, 0.05) is 18.6 Å². The van der Waals surface area contributed by atoms with Crippen molar-refractivity contribution in [1.29, 1.82) is 0 Å². The molecule has 18 heavy (non-hydrogen) atoms. The van der Waals surface area contributed by atoms with Crippen molar-refractivity contribution in [3.63, 3.8) is 0 Å². The molecule has 1 aromatic rings. The van der Waals surface area contributed by atoms with Gasteiger partial charge in [0.1, 0.15) is 17.6 Å². The Morgan fingerprint density at radius 1 is 1.33 bits per heavy atom. The molecule has 1 aliphatic rings. The summed E-state index contributed by atoms with van der Waals surface area (Å²) in [7, 11) is 0. The summed E-state index contributed by atoms with van der Waals surface area (Å²) in [6.07, 6.45) is 2.30. The summed E-state index contributed by atoms with van der Waals surface area (Å²) < 4.78 is 11.0. The molecule has 0 radical (unpaired) electrons. The topological polar surface area (TPSA) is 44.2 Å². The highest BCUT2D eigenvalue weighted by atomic mass is 35.5. The van der Waals surface area contributed by atoms with Gasteiger partial charge in [0.05, 0.1) is 6.61 Å². The number of rotatable bonds is 7. The van der Waals surface area contributed by atoms with Gasteiger partial charge in [-0.1, -0.05) is 25.4 Å². The second kappa shape index (κ2) is 6.34. The molecule has 0 bridgehead atoms.